The summed E-state index contributed by atoms with van der Waals surface area (Å²) >= 11 is 18.2. The Hall–Kier alpha value is -3.12. The lowest BCUT2D eigenvalue weighted by atomic mass is 10.1. The number of pyridine rings is 2. The number of rotatable bonds is 6. The maximum absolute atomic E-state index is 12.6. The molecule has 0 radical (unpaired) electrons. The zero-order valence-corrected chi connectivity index (χ0v) is 18.8. The monoisotopic (exact) mass is 485 g/mol. The van der Waals surface area contributed by atoms with Crippen LogP contribution in [0, 0.1) is 0 Å². The molecule has 0 saturated heterocycles. The van der Waals surface area contributed by atoms with Crippen LogP contribution in [0.4, 0.5) is 0 Å². The summed E-state index contributed by atoms with van der Waals surface area (Å²) in [6, 6.07) is 17.3. The summed E-state index contributed by atoms with van der Waals surface area (Å²) < 4.78 is 13.1. The lowest BCUT2D eigenvalue weighted by molar-refractivity contribution is -0.685. The number of aromatic nitrogens is 2. The molecule has 0 aliphatic rings. The maximum Gasteiger partial charge on any atom is 0.378 e. The third kappa shape index (κ3) is 5.56. The number of carbonyl (C=O) groups is 1. The Kier molecular flexibility index (Phi) is 6.90. The van der Waals surface area contributed by atoms with Crippen molar-refractivity contribution in [2.75, 3.05) is 0 Å². The summed E-state index contributed by atoms with van der Waals surface area (Å²) in [5, 5.41) is 1.21. The minimum atomic E-state index is -0.485. The first kappa shape index (κ1) is 22.1. The second-order valence-corrected chi connectivity index (χ2v) is 8.02. The molecule has 160 valence electrons. The minimum absolute atomic E-state index is 0.00425. The van der Waals surface area contributed by atoms with E-state index in [1.54, 1.807) is 59.7 Å². The van der Waals surface area contributed by atoms with E-state index in [1.807, 2.05) is 24.3 Å². The second-order valence-electron chi connectivity index (χ2n) is 6.74. The number of hydrogen-bond acceptors (Lipinski definition) is 4. The number of hydrogen-bond donors (Lipinski definition) is 0. The van der Waals surface area contributed by atoms with Gasteiger partial charge in [0.05, 0.1) is 5.02 Å². The molecule has 0 aliphatic heterocycles. The van der Waals surface area contributed by atoms with Gasteiger partial charge in [-0.3, -0.25) is 4.98 Å². The lowest BCUT2D eigenvalue weighted by Gasteiger charge is -2.12. The van der Waals surface area contributed by atoms with Crippen molar-refractivity contribution in [3.05, 3.63) is 101 Å². The summed E-state index contributed by atoms with van der Waals surface area (Å²) in [7, 11) is 0. The molecule has 0 unspecified atom stereocenters. The zero-order chi connectivity index (χ0) is 22.5. The molecule has 32 heavy (non-hydrogen) atoms. The summed E-state index contributed by atoms with van der Waals surface area (Å²) in [6.45, 7) is 0.00425. The topological polar surface area (TPSA) is 52.3 Å². The van der Waals surface area contributed by atoms with E-state index in [0.29, 0.717) is 26.6 Å². The third-order valence-corrected chi connectivity index (χ3v) is 5.23. The highest BCUT2D eigenvalue weighted by atomic mass is 35.5. The Morgan fingerprint density at radius 1 is 0.781 bits per heavy atom. The number of halogens is 3. The molecular formula is C24H16Cl3N2O3+. The molecule has 2 heterocycles. The number of ether oxygens (including phenoxy) is 2. The molecule has 0 N–H and O–H groups in total. The molecule has 0 aliphatic carbocycles. The fourth-order valence-electron chi connectivity index (χ4n) is 2.93. The van der Waals surface area contributed by atoms with Crippen molar-refractivity contribution in [1.29, 1.82) is 0 Å². The van der Waals surface area contributed by atoms with Crippen LogP contribution in [0.15, 0.2) is 85.5 Å². The number of nitrogens with zero attached hydrogens (tertiary/aromatic N) is 2. The highest BCUT2D eigenvalue weighted by Crippen LogP contribution is 2.37. The van der Waals surface area contributed by atoms with Gasteiger partial charge in [0, 0.05) is 40.6 Å². The number of esters is 1. The summed E-state index contributed by atoms with van der Waals surface area (Å²) in [5.41, 5.74) is 2.05. The van der Waals surface area contributed by atoms with Gasteiger partial charge in [-0.25, -0.2) is 4.79 Å². The van der Waals surface area contributed by atoms with Crippen LogP contribution in [0.2, 0.25) is 15.1 Å². The molecule has 0 atom stereocenters. The molecule has 8 heteroatoms. The van der Waals surface area contributed by atoms with Crippen LogP contribution in [-0.2, 0) is 11.3 Å². The van der Waals surface area contributed by atoms with Gasteiger partial charge in [0.2, 0.25) is 6.54 Å². The molecular weight excluding hydrogens is 471 g/mol. The van der Waals surface area contributed by atoms with E-state index in [4.69, 9.17) is 44.3 Å². The van der Waals surface area contributed by atoms with Crippen LogP contribution in [0.1, 0.15) is 0 Å². The van der Waals surface area contributed by atoms with Crippen LogP contribution in [0.3, 0.4) is 0 Å². The van der Waals surface area contributed by atoms with E-state index in [-0.39, 0.29) is 12.3 Å². The quantitative estimate of drug-likeness (QED) is 0.180. The standard InChI is InChI=1S/C24H16Cl3N2O3/c25-18-1-3-21(20(27)13-18)31-22-4-2-19(26)14-23(22)32-24(30)15-29-11-7-17(8-12-29)16-5-9-28-10-6-16/h1-14H,15H2/q+1. The smallest absolute Gasteiger partial charge is 0.378 e. The van der Waals surface area contributed by atoms with Gasteiger partial charge < -0.3 is 9.47 Å². The summed E-state index contributed by atoms with van der Waals surface area (Å²) in [5.74, 6) is 0.366. The highest BCUT2D eigenvalue weighted by molar-refractivity contribution is 6.35. The van der Waals surface area contributed by atoms with E-state index in [1.165, 1.54) is 6.07 Å². The van der Waals surface area contributed by atoms with Crippen molar-refractivity contribution >= 4 is 40.8 Å². The van der Waals surface area contributed by atoms with E-state index in [9.17, 15) is 4.79 Å². The van der Waals surface area contributed by atoms with Crippen LogP contribution >= 0.6 is 34.8 Å². The maximum atomic E-state index is 12.6. The molecule has 2 aromatic carbocycles. The molecule has 0 amide bonds. The van der Waals surface area contributed by atoms with E-state index in [2.05, 4.69) is 4.98 Å². The highest BCUT2D eigenvalue weighted by Gasteiger charge is 2.17. The van der Waals surface area contributed by atoms with Crippen molar-refractivity contribution in [1.82, 2.24) is 4.98 Å². The fourth-order valence-corrected chi connectivity index (χ4v) is 3.54. The van der Waals surface area contributed by atoms with Gasteiger partial charge in [0.15, 0.2) is 23.9 Å². The SMILES string of the molecule is O=C(C[n+]1ccc(-c2ccncc2)cc1)Oc1cc(Cl)ccc1Oc1ccc(Cl)cc1Cl. The predicted octanol–water partition coefficient (Wildman–Crippen LogP) is 6.39. The molecule has 5 nitrogen and oxygen atoms in total. The number of benzene rings is 2. The Balaban J connectivity index is 1.47. The van der Waals surface area contributed by atoms with Gasteiger partial charge in [0.1, 0.15) is 5.75 Å². The molecule has 0 spiro atoms. The predicted molar refractivity (Wildman–Crippen MR) is 123 cm³/mol. The lowest BCUT2D eigenvalue weighted by Crippen LogP contribution is -2.38. The van der Waals surface area contributed by atoms with Gasteiger partial charge in [-0.2, -0.15) is 4.57 Å². The molecule has 0 fully saturated rings. The van der Waals surface area contributed by atoms with E-state index >= 15 is 0 Å². The molecule has 0 bridgehead atoms. The Morgan fingerprint density at radius 3 is 2.09 bits per heavy atom. The molecule has 4 aromatic rings. The minimum Gasteiger partial charge on any atom is -0.452 e. The number of carbonyl (C=O) groups excluding carboxylic acids is 1. The largest absolute Gasteiger partial charge is 0.452 e. The average Bonchev–Trinajstić information content (AvgIpc) is 2.78. The summed E-state index contributed by atoms with van der Waals surface area (Å²) in [4.78, 5) is 16.6. The van der Waals surface area contributed by atoms with Crippen LogP contribution in [-0.4, -0.2) is 11.0 Å². The van der Waals surface area contributed by atoms with Gasteiger partial charge in [0.25, 0.3) is 0 Å². The first-order valence-corrected chi connectivity index (χ1v) is 10.6. The average molecular weight is 487 g/mol. The van der Waals surface area contributed by atoms with Crippen LogP contribution in [0.25, 0.3) is 11.1 Å². The molecule has 4 rings (SSSR count). The Bertz CT molecular complexity index is 1250. The van der Waals surface area contributed by atoms with E-state index in [0.717, 1.165) is 11.1 Å². The van der Waals surface area contributed by atoms with Gasteiger partial charge in [-0.1, -0.05) is 34.8 Å². The first-order valence-electron chi connectivity index (χ1n) is 9.50. The van der Waals surface area contributed by atoms with E-state index < -0.39 is 5.97 Å². The molecule has 2 aromatic heterocycles. The van der Waals surface area contributed by atoms with Crippen LogP contribution in [0.5, 0.6) is 17.2 Å². The van der Waals surface area contributed by atoms with Crippen molar-refractivity contribution in [3.63, 3.8) is 0 Å². The van der Waals surface area contributed by atoms with Gasteiger partial charge in [-0.15, -0.1) is 0 Å². The van der Waals surface area contributed by atoms with Crippen molar-refractivity contribution < 1.29 is 18.8 Å². The van der Waals surface area contributed by atoms with Crippen molar-refractivity contribution in [3.8, 4) is 28.4 Å². The van der Waals surface area contributed by atoms with Crippen molar-refractivity contribution in [2.45, 2.75) is 6.54 Å². The third-order valence-electron chi connectivity index (χ3n) is 4.46. The fraction of sp³-hybridized carbons (Fsp3) is 0.0417. The van der Waals surface area contributed by atoms with Crippen LogP contribution < -0.4 is 14.0 Å². The molecule has 0 saturated carbocycles. The van der Waals surface area contributed by atoms with Gasteiger partial charge in [-0.05, 0) is 53.6 Å². The van der Waals surface area contributed by atoms with Crippen molar-refractivity contribution in [2.24, 2.45) is 0 Å². The zero-order valence-electron chi connectivity index (χ0n) is 16.5. The Labute approximate surface area is 199 Å². The first-order chi connectivity index (χ1) is 15.5. The second kappa shape index (κ2) is 10.0. The summed E-state index contributed by atoms with van der Waals surface area (Å²) in [6.07, 6.45) is 7.07. The van der Waals surface area contributed by atoms with Gasteiger partial charge >= 0.3 is 5.97 Å². The normalized spacial score (nSPS) is 10.6. The Morgan fingerprint density at radius 2 is 1.41 bits per heavy atom.